The maximum absolute atomic E-state index is 12.9. The lowest BCUT2D eigenvalue weighted by atomic mass is 9.98. The fraction of sp³-hybridized carbons (Fsp3) is 0.167. The molecule has 3 rings (SSSR count). The molecule has 0 N–H and O–H groups in total. The van der Waals surface area contributed by atoms with E-state index in [1.807, 2.05) is 0 Å². The Balaban J connectivity index is 1.66. The zero-order valence-corrected chi connectivity index (χ0v) is 12.9. The average Bonchev–Trinajstić information content (AvgIpc) is 2.81. The Kier molecular flexibility index (Phi) is 4.12. The third-order valence-corrected chi connectivity index (χ3v) is 3.86. The third kappa shape index (κ3) is 2.90. The van der Waals surface area contributed by atoms with E-state index in [4.69, 9.17) is 4.84 Å². The van der Waals surface area contributed by atoms with Crippen LogP contribution in [-0.2, 0) is 9.63 Å². The number of fused-ring (bicyclic) bond motifs is 1. The van der Waals surface area contributed by atoms with E-state index < -0.39 is 17.8 Å². The van der Waals surface area contributed by atoms with E-state index in [9.17, 15) is 18.8 Å². The predicted octanol–water partition coefficient (Wildman–Crippen LogP) is 3.07. The maximum Gasteiger partial charge on any atom is 0.333 e. The number of carbonyl (C=O) groups excluding carboxylic acids is 3. The quantitative estimate of drug-likeness (QED) is 0.810. The van der Waals surface area contributed by atoms with Crippen molar-refractivity contribution in [3.8, 4) is 0 Å². The standard InChI is InChI=1S/C18H14FNO4/c1-11(12-6-8-13(19)9-7-12)10-16(21)24-20-17(22)14-4-2-3-5-15(14)18(20)23/h2-9,11H,10H2,1H3. The molecule has 1 heterocycles. The van der Waals surface area contributed by atoms with Crippen LogP contribution in [0.5, 0.6) is 0 Å². The lowest BCUT2D eigenvalue weighted by Gasteiger charge is -2.15. The highest BCUT2D eigenvalue weighted by Gasteiger charge is 2.38. The predicted molar refractivity (Wildman–Crippen MR) is 82.5 cm³/mol. The Bertz CT molecular complexity index is 781. The second-order valence-corrected chi connectivity index (χ2v) is 5.57. The second-order valence-electron chi connectivity index (χ2n) is 5.57. The van der Waals surface area contributed by atoms with Crippen molar-refractivity contribution in [3.63, 3.8) is 0 Å². The number of rotatable bonds is 4. The molecule has 5 nitrogen and oxygen atoms in total. The van der Waals surface area contributed by atoms with Gasteiger partial charge in [0, 0.05) is 0 Å². The Morgan fingerprint density at radius 1 is 1.04 bits per heavy atom. The summed E-state index contributed by atoms with van der Waals surface area (Å²) in [4.78, 5) is 41.2. The van der Waals surface area contributed by atoms with E-state index in [0.29, 0.717) is 5.06 Å². The minimum Gasteiger partial charge on any atom is -0.330 e. The summed E-state index contributed by atoms with van der Waals surface area (Å²) >= 11 is 0. The summed E-state index contributed by atoms with van der Waals surface area (Å²) in [6.45, 7) is 1.77. The Morgan fingerprint density at radius 2 is 1.58 bits per heavy atom. The Labute approximate surface area is 137 Å². The fourth-order valence-electron chi connectivity index (χ4n) is 2.55. The van der Waals surface area contributed by atoms with Crippen molar-refractivity contribution in [2.24, 2.45) is 0 Å². The molecule has 24 heavy (non-hydrogen) atoms. The van der Waals surface area contributed by atoms with Gasteiger partial charge in [-0.25, -0.2) is 9.18 Å². The summed E-state index contributed by atoms with van der Waals surface area (Å²) in [5.74, 6) is -2.62. The first-order chi connectivity index (χ1) is 11.5. The van der Waals surface area contributed by atoms with Crippen molar-refractivity contribution < 1.29 is 23.6 Å². The van der Waals surface area contributed by atoms with Gasteiger partial charge in [-0.15, -0.1) is 0 Å². The molecule has 1 unspecified atom stereocenters. The number of hydroxylamine groups is 2. The van der Waals surface area contributed by atoms with Crippen molar-refractivity contribution >= 4 is 17.8 Å². The van der Waals surface area contributed by atoms with Gasteiger partial charge in [-0.1, -0.05) is 36.3 Å². The summed E-state index contributed by atoms with van der Waals surface area (Å²) in [5.41, 5.74) is 1.18. The molecule has 0 aromatic heterocycles. The van der Waals surface area contributed by atoms with Gasteiger partial charge in [-0.3, -0.25) is 9.59 Å². The van der Waals surface area contributed by atoms with E-state index in [1.54, 1.807) is 31.2 Å². The van der Waals surface area contributed by atoms with Gasteiger partial charge in [0.25, 0.3) is 11.8 Å². The number of halogens is 1. The second kappa shape index (κ2) is 6.23. The van der Waals surface area contributed by atoms with Crippen LogP contribution in [0.2, 0.25) is 0 Å². The SMILES string of the molecule is CC(CC(=O)ON1C(=O)c2ccccc2C1=O)c1ccc(F)cc1. The van der Waals surface area contributed by atoms with E-state index in [0.717, 1.165) is 5.56 Å². The van der Waals surface area contributed by atoms with Crippen molar-refractivity contribution in [1.82, 2.24) is 5.06 Å². The zero-order chi connectivity index (χ0) is 17.3. The van der Waals surface area contributed by atoms with Gasteiger partial charge in [0.2, 0.25) is 0 Å². The average molecular weight is 327 g/mol. The first-order valence-corrected chi connectivity index (χ1v) is 7.41. The number of amides is 2. The van der Waals surface area contributed by atoms with Crippen LogP contribution in [0.15, 0.2) is 48.5 Å². The number of nitrogens with zero attached hydrogens (tertiary/aromatic N) is 1. The number of imide groups is 1. The van der Waals surface area contributed by atoms with Crippen LogP contribution in [0.4, 0.5) is 4.39 Å². The fourth-order valence-corrected chi connectivity index (χ4v) is 2.55. The molecule has 0 saturated carbocycles. The Morgan fingerprint density at radius 3 is 2.12 bits per heavy atom. The van der Waals surface area contributed by atoms with Crippen LogP contribution in [-0.4, -0.2) is 22.8 Å². The zero-order valence-electron chi connectivity index (χ0n) is 12.9. The van der Waals surface area contributed by atoms with Crippen molar-refractivity contribution in [1.29, 1.82) is 0 Å². The molecule has 1 aliphatic heterocycles. The lowest BCUT2D eigenvalue weighted by molar-refractivity contribution is -0.168. The van der Waals surface area contributed by atoms with Gasteiger partial charge in [-0.05, 0) is 35.7 Å². The summed E-state index contributed by atoms with van der Waals surface area (Å²) in [7, 11) is 0. The highest BCUT2D eigenvalue weighted by atomic mass is 19.1. The van der Waals surface area contributed by atoms with Crippen LogP contribution >= 0.6 is 0 Å². The number of hydrogen-bond donors (Lipinski definition) is 0. The highest BCUT2D eigenvalue weighted by molar-refractivity contribution is 6.20. The molecule has 0 saturated heterocycles. The highest BCUT2D eigenvalue weighted by Crippen LogP contribution is 2.24. The maximum atomic E-state index is 12.9. The van der Waals surface area contributed by atoms with Gasteiger partial charge in [0.05, 0.1) is 17.5 Å². The van der Waals surface area contributed by atoms with Crippen LogP contribution in [0.25, 0.3) is 0 Å². The summed E-state index contributed by atoms with van der Waals surface area (Å²) in [5, 5.41) is 0.490. The van der Waals surface area contributed by atoms with Gasteiger partial charge in [0.15, 0.2) is 0 Å². The minimum atomic E-state index is -0.707. The van der Waals surface area contributed by atoms with Gasteiger partial charge in [-0.2, -0.15) is 0 Å². The molecule has 0 fully saturated rings. The van der Waals surface area contributed by atoms with Crippen molar-refractivity contribution in [3.05, 3.63) is 71.0 Å². The molecule has 1 atom stereocenters. The molecule has 2 aromatic rings. The summed E-state index contributed by atoms with van der Waals surface area (Å²) in [6, 6.07) is 12.0. The molecule has 6 heteroatoms. The lowest BCUT2D eigenvalue weighted by Crippen LogP contribution is -2.33. The molecular formula is C18H14FNO4. The number of benzene rings is 2. The third-order valence-electron chi connectivity index (χ3n) is 3.86. The molecule has 122 valence electrons. The van der Waals surface area contributed by atoms with E-state index in [1.165, 1.54) is 24.3 Å². The molecular weight excluding hydrogens is 313 g/mol. The normalized spacial score (nSPS) is 14.5. The molecule has 0 bridgehead atoms. The van der Waals surface area contributed by atoms with Crippen LogP contribution in [0.3, 0.4) is 0 Å². The smallest absolute Gasteiger partial charge is 0.330 e. The molecule has 2 amide bonds. The van der Waals surface area contributed by atoms with Gasteiger partial charge < -0.3 is 4.84 Å². The van der Waals surface area contributed by atoms with E-state index in [-0.39, 0.29) is 29.3 Å². The van der Waals surface area contributed by atoms with Crippen LogP contribution < -0.4 is 0 Å². The van der Waals surface area contributed by atoms with Crippen molar-refractivity contribution in [2.45, 2.75) is 19.3 Å². The summed E-state index contributed by atoms with van der Waals surface area (Å²) in [6.07, 6.45) is -0.0426. The molecule has 2 aromatic carbocycles. The topological polar surface area (TPSA) is 63.7 Å². The van der Waals surface area contributed by atoms with Crippen LogP contribution in [0.1, 0.15) is 45.5 Å². The number of carbonyl (C=O) groups is 3. The van der Waals surface area contributed by atoms with Crippen LogP contribution in [0, 0.1) is 5.82 Å². The molecule has 0 radical (unpaired) electrons. The van der Waals surface area contributed by atoms with Crippen molar-refractivity contribution in [2.75, 3.05) is 0 Å². The number of hydrogen-bond acceptors (Lipinski definition) is 4. The summed E-state index contributed by atoms with van der Waals surface area (Å²) < 4.78 is 12.9. The van der Waals surface area contributed by atoms with E-state index in [2.05, 4.69) is 0 Å². The molecule has 0 spiro atoms. The van der Waals surface area contributed by atoms with Gasteiger partial charge in [0.1, 0.15) is 5.82 Å². The van der Waals surface area contributed by atoms with E-state index >= 15 is 0 Å². The Hall–Kier alpha value is -3.02. The minimum absolute atomic E-state index is 0.0426. The first kappa shape index (κ1) is 15.9. The van der Waals surface area contributed by atoms with Gasteiger partial charge >= 0.3 is 5.97 Å². The largest absolute Gasteiger partial charge is 0.333 e. The monoisotopic (exact) mass is 327 g/mol. The first-order valence-electron chi connectivity index (χ1n) is 7.41. The molecule has 0 aliphatic carbocycles. The molecule has 1 aliphatic rings.